The number of hydrogen-bond acceptors (Lipinski definition) is 5. The summed E-state index contributed by atoms with van der Waals surface area (Å²) in [5, 5.41) is 11.0. The van der Waals surface area contributed by atoms with Crippen LogP contribution < -0.4 is 0 Å². The van der Waals surface area contributed by atoms with Gasteiger partial charge in [-0.05, 0) is 17.4 Å². The molecule has 1 fully saturated rings. The Morgan fingerprint density at radius 1 is 1.50 bits per heavy atom. The van der Waals surface area contributed by atoms with Crippen LogP contribution in [-0.4, -0.2) is 39.7 Å². The average Bonchev–Trinajstić information content (AvgIpc) is 2.65. The van der Waals surface area contributed by atoms with E-state index in [0.29, 0.717) is 19.8 Å². The fourth-order valence-corrected chi connectivity index (χ4v) is 1.07. The first-order valence-corrected chi connectivity index (χ1v) is 3.82. The Balaban J connectivity index is 1.98. The topological polar surface area (TPSA) is 62.1 Å². The van der Waals surface area contributed by atoms with E-state index in [-0.39, 0.29) is 6.29 Å². The monoisotopic (exact) mass is 170 g/mol. The fraction of sp³-hybridized carbons (Fsp3) is 0.833. The molecule has 0 atom stereocenters. The van der Waals surface area contributed by atoms with E-state index in [9.17, 15) is 0 Å². The third-order valence-electron chi connectivity index (χ3n) is 1.72. The molecule has 0 bridgehead atoms. The maximum atomic E-state index is 5.24. The van der Waals surface area contributed by atoms with Crippen LogP contribution in [0.4, 0.5) is 0 Å². The minimum absolute atomic E-state index is 0.188. The van der Waals surface area contributed by atoms with Crippen molar-refractivity contribution in [3.05, 3.63) is 5.82 Å². The Hall–Kier alpha value is -1.01. The lowest BCUT2D eigenvalue weighted by molar-refractivity contribution is -0.0552. The van der Waals surface area contributed by atoms with Crippen LogP contribution in [0.25, 0.3) is 0 Å². The van der Waals surface area contributed by atoms with Gasteiger partial charge in [-0.2, -0.15) is 0 Å². The Kier molecular flexibility index (Phi) is 2.01. The van der Waals surface area contributed by atoms with Crippen molar-refractivity contribution >= 4 is 0 Å². The van der Waals surface area contributed by atoms with E-state index in [1.54, 1.807) is 4.68 Å². The van der Waals surface area contributed by atoms with Crippen LogP contribution in [0.3, 0.4) is 0 Å². The molecule has 0 spiro atoms. The van der Waals surface area contributed by atoms with Gasteiger partial charge in [0.05, 0.1) is 19.8 Å². The molecule has 1 saturated heterocycles. The van der Waals surface area contributed by atoms with Crippen molar-refractivity contribution in [3.8, 4) is 0 Å². The van der Waals surface area contributed by atoms with E-state index in [0.717, 1.165) is 5.82 Å². The number of aromatic nitrogens is 4. The molecule has 1 aliphatic rings. The molecular formula is C6H10N4O2. The van der Waals surface area contributed by atoms with Crippen molar-refractivity contribution in [2.24, 2.45) is 0 Å². The highest BCUT2D eigenvalue weighted by Gasteiger charge is 2.17. The van der Waals surface area contributed by atoms with Gasteiger partial charge >= 0.3 is 0 Å². The van der Waals surface area contributed by atoms with Crippen molar-refractivity contribution in [3.63, 3.8) is 0 Å². The molecule has 66 valence electrons. The zero-order valence-corrected chi connectivity index (χ0v) is 6.80. The second-order valence-electron chi connectivity index (χ2n) is 2.58. The first-order valence-electron chi connectivity index (χ1n) is 3.82. The van der Waals surface area contributed by atoms with Crippen LogP contribution in [0, 0.1) is 6.92 Å². The summed E-state index contributed by atoms with van der Waals surface area (Å²) in [6.45, 7) is 3.73. The largest absolute Gasteiger partial charge is 0.348 e. The predicted molar refractivity (Wildman–Crippen MR) is 38.2 cm³/mol. The molecule has 1 aliphatic heterocycles. The summed E-state index contributed by atoms with van der Waals surface area (Å²) in [5.41, 5.74) is 0. The molecule has 1 aromatic rings. The van der Waals surface area contributed by atoms with E-state index < -0.39 is 0 Å². The third kappa shape index (κ3) is 1.44. The molecule has 0 unspecified atom stereocenters. The fourth-order valence-electron chi connectivity index (χ4n) is 1.07. The summed E-state index contributed by atoms with van der Waals surface area (Å²) < 4.78 is 12.1. The minimum atomic E-state index is -0.188. The van der Waals surface area contributed by atoms with Crippen molar-refractivity contribution < 1.29 is 9.47 Å². The number of tetrazole rings is 1. The molecule has 0 aliphatic carbocycles. The SMILES string of the molecule is Cc1nnnn1CC1OCCO1. The highest BCUT2D eigenvalue weighted by Crippen LogP contribution is 2.05. The number of rotatable bonds is 2. The molecule has 2 heterocycles. The van der Waals surface area contributed by atoms with Gasteiger partial charge in [-0.25, -0.2) is 4.68 Å². The molecule has 2 rings (SSSR count). The van der Waals surface area contributed by atoms with Gasteiger partial charge in [-0.3, -0.25) is 0 Å². The molecule has 6 heteroatoms. The van der Waals surface area contributed by atoms with Gasteiger partial charge in [0, 0.05) is 0 Å². The molecule has 0 amide bonds. The Morgan fingerprint density at radius 2 is 2.25 bits per heavy atom. The van der Waals surface area contributed by atoms with Gasteiger partial charge in [0.1, 0.15) is 5.82 Å². The second-order valence-corrected chi connectivity index (χ2v) is 2.58. The molecule has 6 nitrogen and oxygen atoms in total. The number of aryl methyl sites for hydroxylation is 1. The van der Waals surface area contributed by atoms with Crippen molar-refractivity contribution in [1.82, 2.24) is 20.2 Å². The summed E-state index contributed by atoms with van der Waals surface area (Å²) in [7, 11) is 0. The Labute approximate surface area is 69.5 Å². The van der Waals surface area contributed by atoms with E-state index in [2.05, 4.69) is 15.5 Å². The molecule has 0 aromatic carbocycles. The second kappa shape index (κ2) is 3.16. The maximum absolute atomic E-state index is 5.24. The third-order valence-corrected chi connectivity index (χ3v) is 1.72. The van der Waals surface area contributed by atoms with Crippen LogP contribution in [0.2, 0.25) is 0 Å². The minimum Gasteiger partial charge on any atom is -0.348 e. The summed E-state index contributed by atoms with van der Waals surface area (Å²) in [6, 6.07) is 0. The van der Waals surface area contributed by atoms with Gasteiger partial charge in [0.15, 0.2) is 6.29 Å². The summed E-state index contributed by atoms with van der Waals surface area (Å²) >= 11 is 0. The summed E-state index contributed by atoms with van der Waals surface area (Å²) in [4.78, 5) is 0. The maximum Gasteiger partial charge on any atom is 0.177 e. The highest BCUT2D eigenvalue weighted by molar-refractivity contribution is 4.73. The van der Waals surface area contributed by atoms with E-state index in [1.807, 2.05) is 6.92 Å². The number of ether oxygens (including phenoxy) is 2. The number of hydrogen-bond donors (Lipinski definition) is 0. The van der Waals surface area contributed by atoms with Gasteiger partial charge in [0.25, 0.3) is 0 Å². The molecule has 0 N–H and O–H groups in total. The average molecular weight is 170 g/mol. The zero-order chi connectivity index (χ0) is 8.39. The van der Waals surface area contributed by atoms with Crippen LogP contribution in [0.15, 0.2) is 0 Å². The zero-order valence-electron chi connectivity index (χ0n) is 6.80. The van der Waals surface area contributed by atoms with Crippen LogP contribution in [-0.2, 0) is 16.0 Å². The summed E-state index contributed by atoms with van der Waals surface area (Å²) in [5.74, 6) is 0.772. The van der Waals surface area contributed by atoms with Crippen molar-refractivity contribution in [1.29, 1.82) is 0 Å². The number of nitrogens with zero attached hydrogens (tertiary/aromatic N) is 4. The van der Waals surface area contributed by atoms with Crippen LogP contribution in [0.1, 0.15) is 5.82 Å². The molecular weight excluding hydrogens is 160 g/mol. The van der Waals surface area contributed by atoms with Crippen molar-refractivity contribution in [2.45, 2.75) is 19.8 Å². The van der Waals surface area contributed by atoms with Gasteiger partial charge in [-0.1, -0.05) is 0 Å². The van der Waals surface area contributed by atoms with E-state index in [1.165, 1.54) is 0 Å². The van der Waals surface area contributed by atoms with Crippen LogP contribution >= 0.6 is 0 Å². The van der Waals surface area contributed by atoms with Gasteiger partial charge in [-0.15, -0.1) is 5.10 Å². The Bertz CT molecular complexity index is 256. The summed E-state index contributed by atoms with van der Waals surface area (Å²) in [6.07, 6.45) is -0.188. The molecule has 12 heavy (non-hydrogen) atoms. The normalized spacial score (nSPS) is 18.8. The Morgan fingerprint density at radius 3 is 2.83 bits per heavy atom. The lowest BCUT2D eigenvalue weighted by Crippen LogP contribution is -2.18. The first kappa shape index (κ1) is 7.63. The van der Waals surface area contributed by atoms with Gasteiger partial charge in [0.2, 0.25) is 0 Å². The van der Waals surface area contributed by atoms with Crippen LogP contribution in [0.5, 0.6) is 0 Å². The first-order chi connectivity index (χ1) is 5.86. The van der Waals surface area contributed by atoms with Gasteiger partial charge < -0.3 is 9.47 Å². The van der Waals surface area contributed by atoms with E-state index >= 15 is 0 Å². The standard InChI is InChI=1S/C6H10N4O2/c1-5-7-8-9-10(5)4-6-11-2-3-12-6/h6H,2-4H2,1H3. The quantitative estimate of drug-likeness (QED) is 0.590. The lowest BCUT2D eigenvalue weighted by Gasteiger charge is -2.07. The van der Waals surface area contributed by atoms with E-state index in [4.69, 9.17) is 9.47 Å². The highest BCUT2D eigenvalue weighted by atomic mass is 16.7. The molecule has 0 radical (unpaired) electrons. The smallest absolute Gasteiger partial charge is 0.177 e. The predicted octanol–water partition coefficient (Wildman–Crippen LogP) is -0.646. The lowest BCUT2D eigenvalue weighted by atomic mass is 10.6. The molecule has 0 saturated carbocycles. The van der Waals surface area contributed by atoms with Crippen molar-refractivity contribution in [2.75, 3.05) is 13.2 Å². The molecule has 1 aromatic heterocycles.